The minimum Gasteiger partial charge on any atom is -0.495 e. The number of aromatic carboxylic acids is 1. The van der Waals surface area contributed by atoms with E-state index in [0.29, 0.717) is 19.4 Å². The van der Waals surface area contributed by atoms with Gasteiger partial charge < -0.3 is 14.9 Å². The van der Waals surface area contributed by atoms with Crippen molar-refractivity contribution in [2.75, 3.05) is 20.2 Å². The molecule has 0 aromatic heterocycles. The van der Waals surface area contributed by atoms with Gasteiger partial charge in [-0.1, -0.05) is 6.42 Å². The number of sulfonamides is 1. The summed E-state index contributed by atoms with van der Waals surface area (Å²) in [6.45, 7) is 0.619. The Labute approximate surface area is 147 Å². The van der Waals surface area contributed by atoms with Crippen molar-refractivity contribution in [2.45, 2.75) is 43.1 Å². The second-order valence-electron chi connectivity index (χ2n) is 6.88. The van der Waals surface area contributed by atoms with E-state index < -0.39 is 22.1 Å². The number of rotatable bonds is 4. The van der Waals surface area contributed by atoms with E-state index in [0.717, 1.165) is 25.3 Å². The van der Waals surface area contributed by atoms with E-state index in [-0.39, 0.29) is 28.2 Å². The smallest absolute Gasteiger partial charge is 0.335 e. The van der Waals surface area contributed by atoms with Gasteiger partial charge in [0.05, 0.1) is 18.8 Å². The van der Waals surface area contributed by atoms with Gasteiger partial charge in [-0.05, 0) is 43.9 Å². The molecule has 1 unspecified atom stereocenters. The molecule has 1 aliphatic carbocycles. The molecule has 1 saturated carbocycles. The fraction of sp³-hybridized carbons (Fsp3) is 0.588. The molecule has 1 spiro atoms. The Bertz CT molecular complexity index is 777. The third kappa shape index (κ3) is 3.14. The molecule has 7 nitrogen and oxygen atoms in total. The van der Waals surface area contributed by atoms with Crippen LogP contribution in [0.1, 0.15) is 42.5 Å². The van der Waals surface area contributed by atoms with Crippen molar-refractivity contribution in [3.63, 3.8) is 0 Å². The lowest BCUT2D eigenvalue weighted by atomic mass is 9.77. The van der Waals surface area contributed by atoms with Crippen LogP contribution < -0.4 is 4.74 Å². The highest BCUT2D eigenvalue weighted by molar-refractivity contribution is 7.89. The number of benzene rings is 1. The molecule has 1 saturated heterocycles. The first-order valence-electron chi connectivity index (χ1n) is 8.40. The zero-order valence-corrected chi connectivity index (χ0v) is 15.0. The highest BCUT2D eigenvalue weighted by Crippen LogP contribution is 2.46. The summed E-state index contributed by atoms with van der Waals surface area (Å²) in [4.78, 5) is 11.1. The maximum absolute atomic E-state index is 13.2. The van der Waals surface area contributed by atoms with Gasteiger partial charge in [-0.25, -0.2) is 13.2 Å². The molecule has 0 amide bonds. The Hall–Kier alpha value is -1.64. The molecule has 1 aromatic rings. The summed E-state index contributed by atoms with van der Waals surface area (Å²) >= 11 is 0. The molecule has 1 aliphatic heterocycles. The van der Waals surface area contributed by atoms with Gasteiger partial charge >= 0.3 is 5.97 Å². The molecule has 2 aliphatic rings. The number of carboxylic acid groups (broad SMARTS) is 1. The van der Waals surface area contributed by atoms with Gasteiger partial charge in [0.25, 0.3) is 0 Å². The highest BCUT2D eigenvalue weighted by atomic mass is 32.2. The number of ether oxygens (including phenoxy) is 1. The predicted octanol–water partition coefficient (Wildman–Crippen LogP) is 1.71. The number of aliphatic hydroxyl groups is 1. The Morgan fingerprint density at radius 2 is 2.04 bits per heavy atom. The number of piperidine rings is 1. The van der Waals surface area contributed by atoms with Gasteiger partial charge in [-0.2, -0.15) is 4.31 Å². The number of nitrogens with zero attached hydrogens (tertiary/aromatic N) is 1. The third-order valence-corrected chi connectivity index (χ3v) is 7.33. The van der Waals surface area contributed by atoms with Gasteiger partial charge in [-0.15, -0.1) is 0 Å². The van der Waals surface area contributed by atoms with E-state index in [2.05, 4.69) is 0 Å². The fourth-order valence-electron chi connectivity index (χ4n) is 4.07. The molecule has 25 heavy (non-hydrogen) atoms. The van der Waals surface area contributed by atoms with Crippen LogP contribution in [0, 0.1) is 5.41 Å². The van der Waals surface area contributed by atoms with Crippen molar-refractivity contribution in [1.29, 1.82) is 0 Å². The summed E-state index contributed by atoms with van der Waals surface area (Å²) < 4.78 is 32.8. The Kier molecular flexibility index (Phi) is 4.78. The quantitative estimate of drug-likeness (QED) is 0.837. The molecule has 8 heteroatoms. The lowest BCUT2D eigenvalue weighted by molar-refractivity contribution is 0.0126. The fourth-order valence-corrected chi connectivity index (χ4v) is 5.82. The van der Waals surface area contributed by atoms with Crippen LogP contribution in [0.2, 0.25) is 0 Å². The maximum atomic E-state index is 13.2. The summed E-state index contributed by atoms with van der Waals surface area (Å²) in [5.74, 6) is -1.07. The molecule has 3 rings (SSSR count). The van der Waals surface area contributed by atoms with Crippen molar-refractivity contribution in [2.24, 2.45) is 5.41 Å². The van der Waals surface area contributed by atoms with Gasteiger partial charge in [0.2, 0.25) is 10.0 Å². The van der Waals surface area contributed by atoms with Crippen LogP contribution in [0.25, 0.3) is 0 Å². The number of methoxy groups -OCH3 is 1. The van der Waals surface area contributed by atoms with Crippen molar-refractivity contribution in [1.82, 2.24) is 4.31 Å². The van der Waals surface area contributed by atoms with Gasteiger partial charge in [0.15, 0.2) is 0 Å². The van der Waals surface area contributed by atoms with Crippen molar-refractivity contribution >= 4 is 16.0 Å². The minimum atomic E-state index is -3.91. The van der Waals surface area contributed by atoms with Crippen molar-refractivity contribution < 1.29 is 28.2 Å². The molecular weight excluding hydrogens is 346 g/mol. The Balaban J connectivity index is 1.98. The highest BCUT2D eigenvalue weighted by Gasteiger charge is 2.47. The zero-order valence-electron chi connectivity index (χ0n) is 14.1. The minimum absolute atomic E-state index is 0.105. The number of carbonyl (C=O) groups is 1. The number of aliphatic hydroxyl groups excluding tert-OH is 1. The first kappa shape index (κ1) is 18.2. The van der Waals surface area contributed by atoms with E-state index in [1.165, 1.54) is 23.5 Å². The standard InChI is InChI=1S/C17H23NO6S/c1-24-13-6-5-12(16(20)21)10-14(13)25(22,23)18-9-3-8-17(11-18)7-2-4-15(17)19/h5-6,10,15,19H,2-4,7-9,11H2,1H3,(H,20,21)/t15?,17-/m1/s1. The topological polar surface area (TPSA) is 104 Å². The van der Waals surface area contributed by atoms with E-state index in [1.54, 1.807) is 0 Å². The maximum Gasteiger partial charge on any atom is 0.335 e. The summed E-state index contributed by atoms with van der Waals surface area (Å²) in [5.41, 5.74) is -0.491. The molecule has 1 aromatic carbocycles. The van der Waals surface area contributed by atoms with Crippen LogP contribution in [-0.2, 0) is 10.0 Å². The number of hydrogen-bond donors (Lipinski definition) is 2. The normalized spacial score (nSPS) is 27.5. The van der Waals surface area contributed by atoms with Crippen LogP contribution in [-0.4, -0.2) is 55.2 Å². The largest absolute Gasteiger partial charge is 0.495 e. The van der Waals surface area contributed by atoms with E-state index in [9.17, 15) is 18.3 Å². The number of hydrogen-bond acceptors (Lipinski definition) is 5. The van der Waals surface area contributed by atoms with Crippen LogP contribution in [0.3, 0.4) is 0 Å². The van der Waals surface area contributed by atoms with Crippen LogP contribution in [0.5, 0.6) is 5.75 Å². The second kappa shape index (κ2) is 6.59. The average molecular weight is 369 g/mol. The number of carboxylic acids is 1. The summed E-state index contributed by atoms with van der Waals surface area (Å²) in [7, 11) is -2.56. The lowest BCUT2D eigenvalue weighted by Gasteiger charge is -2.41. The predicted molar refractivity (Wildman–Crippen MR) is 90.2 cm³/mol. The summed E-state index contributed by atoms with van der Waals surface area (Å²) in [6, 6.07) is 3.82. The van der Waals surface area contributed by atoms with Gasteiger partial charge in [-0.3, -0.25) is 0 Å². The van der Waals surface area contributed by atoms with Crippen LogP contribution in [0.15, 0.2) is 23.1 Å². The van der Waals surface area contributed by atoms with E-state index >= 15 is 0 Å². The molecule has 2 fully saturated rings. The second-order valence-corrected chi connectivity index (χ2v) is 8.79. The zero-order chi connectivity index (χ0) is 18.2. The molecule has 0 radical (unpaired) electrons. The van der Waals surface area contributed by atoms with E-state index in [4.69, 9.17) is 9.84 Å². The van der Waals surface area contributed by atoms with E-state index in [1.807, 2.05) is 0 Å². The molecule has 2 N–H and O–H groups in total. The first-order valence-corrected chi connectivity index (χ1v) is 9.84. The average Bonchev–Trinajstić information content (AvgIpc) is 2.94. The Morgan fingerprint density at radius 3 is 2.64 bits per heavy atom. The molecule has 138 valence electrons. The summed E-state index contributed by atoms with van der Waals surface area (Å²) in [6.07, 6.45) is 3.41. The SMILES string of the molecule is COc1ccc(C(=O)O)cc1S(=O)(=O)N1CCC[C@]2(CCCC2O)C1. The molecule has 1 heterocycles. The van der Waals surface area contributed by atoms with Crippen LogP contribution >= 0.6 is 0 Å². The van der Waals surface area contributed by atoms with Gasteiger partial charge in [0, 0.05) is 18.5 Å². The third-order valence-electron chi connectivity index (χ3n) is 5.46. The Morgan fingerprint density at radius 1 is 1.32 bits per heavy atom. The molecule has 2 atom stereocenters. The monoisotopic (exact) mass is 369 g/mol. The van der Waals surface area contributed by atoms with Crippen LogP contribution in [0.4, 0.5) is 0 Å². The molecular formula is C17H23NO6S. The van der Waals surface area contributed by atoms with Crippen molar-refractivity contribution in [3.05, 3.63) is 23.8 Å². The van der Waals surface area contributed by atoms with Crippen molar-refractivity contribution in [3.8, 4) is 5.75 Å². The first-order chi connectivity index (χ1) is 11.8. The lowest BCUT2D eigenvalue weighted by Crippen LogP contribution is -2.49. The van der Waals surface area contributed by atoms with Gasteiger partial charge in [0.1, 0.15) is 10.6 Å². The molecule has 0 bridgehead atoms. The summed E-state index contributed by atoms with van der Waals surface area (Å²) in [5, 5.41) is 19.5.